The molecule has 10 nitrogen and oxygen atoms in total. The second-order valence-corrected chi connectivity index (χ2v) is 5.61. The Bertz CT molecular complexity index is 359. The van der Waals surface area contributed by atoms with E-state index in [1.54, 1.807) is 0 Å². The summed E-state index contributed by atoms with van der Waals surface area (Å²) in [6, 6.07) is -1.16. The molecule has 0 radical (unpaired) electrons. The van der Waals surface area contributed by atoms with Gasteiger partial charge in [0.1, 0.15) is 12.3 Å². The Hall–Kier alpha value is -1.19. The van der Waals surface area contributed by atoms with Gasteiger partial charge in [0.2, 0.25) is 5.91 Å². The summed E-state index contributed by atoms with van der Waals surface area (Å²) < 4.78 is 10.7. The van der Waals surface area contributed by atoms with Crippen LogP contribution in [-0.4, -0.2) is 50.8 Å². The average Bonchev–Trinajstić information content (AvgIpc) is 2.19. The minimum Gasteiger partial charge on any atom is -0.370 e. The summed E-state index contributed by atoms with van der Waals surface area (Å²) in [5.41, 5.74) is 10.1. The molecule has 0 fully saturated rings. The van der Waals surface area contributed by atoms with Gasteiger partial charge in [0, 0.05) is 6.54 Å². The lowest BCUT2D eigenvalue weighted by molar-refractivity contribution is -0.148. The molecular weight excluding hydrogens is 277 g/mol. The van der Waals surface area contributed by atoms with E-state index in [4.69, 9.17) is 26.7 Å². The maximum absolute atomic E-state index is 11.1. The van der Waals surface area contributed by atoms with E-state index in [2.05, 4.69) is 5.32 Å². The minimum atomic E-state index is -4.46. The molecule has 0 saturated carbocycles. The van der Waals surface area contributed by atoms with Crippen molar-refractivity contribution in [2.45, 2.75) is 25.3 Å². The van der Waals surface area contributed by atoms with Gasteiger partial charge in [-0.25, -0.2) is 0 Å². The number of primary amides is 1. The first-order chi connectivity index (χ1) is 8.63. The summed E-state index contributed by atoms with van der Waals surface area (Å²) in [7, 11) is -4.46. The molecule has 0 rings (SSSR count). The highest BCUT2D eigenvalue weighted by Crippen LogP contribution is 2.35. The third kappa shape index (κ3) is 9.40. The zero-order valence-electron chi connectivity index (χ0n) is 10.3. The maximum Gasteiger partial charge on any atom is 0.341 e. The highest BCUT2D eigenvalue weighted by atomic mass is 31.2. The van der Waals surface area contributed by atoms with Gasteiger partial charge in [0.05, 0.1) is 0 Å². The van der Waals surface area contributed by atoms with E-state index >= 15 is 0 Å². The minimum absolute atomic E-state index is 0.144. The van der Waals surface area contributed by atoms with Gasteiger partial charge in [-0.2, -0.15) is 5.06 Å². The first-order valence-corrected chi connectivity index (χ1v) is 7.30. The molecule has 1 amide bonds. The number of nitrogens with zero attached hydrogens (tertiary/aromatic N) is 1. The molecule has 112 valence electrons. The van der Waals surface area contributed by atoms with E-state index in [-0.39, 0.29) is 17.4 Å². The van der Waals surface area contributed by atoms with Crippen molar-refractivity contribution in [1.29, 1.82) is 5.41 Å². The van der Waals surface area contributed by atoms with Gasteiger partial charge in [-0.05, 0) is 19.3 Å². The maximum atomic E-state index is 11.1. The normalized spacial score (nSPS) is 13.3. The molecule has 0 aliphatic carbocycles. The SMILES string of the molecule is N=C(N)NCCCC[C@@H](C(N)=O)N(O)CP(=O)(O)O. The Kier molecular flexibility index (Phi) is 7.57. The van der Waals surface area contributed by atoms with Crippen LogP contribution in [0.3, 0.4) is 0 Å². The quantitative estimate of drug-likeness (QED) is 0.0863. The monoisotopic (exact) mass is 297 g/mol. The lowest BCUT2D eigenvalue weighted by atomic mass is 10.1. The number of guanidine groups is 1. The summed E-state index contributed by atoms with van der Waals surface area (Å²) in [5.74, 6) is -1.03. The summed E-state index contributed by atoms with van der Waals surface area (Å²) in [5, 5.41) is 19.2. The molecule has 11 heteroatoms. The van der Waals surface area contributed by atoms with E-state index in [9.17, 15) is 14.6 Å². The van der Waals surface area contributed by atoms with Crippen LogP contribution in [0.5, 0.6) is 0 Å². The van der Waals surface area contributed by atoms with E-state index in [1.807, 2.05) is 0 Å². The predicted octanol–water partition coefficient (Wildman–Crippen LogP) is -1.68. The molecule has 19 heavy (non-hydrogen) atoms. The van der Waals surface area contributed by atoms with Gasteiger partial charge in [0.25, 0.3) is 0 Å². The highest BCUT2D eigenvalue weighted by Gasteiger charge is 2.28. The third-order valence-corrected chi connectivity index (χ3v) is 2.90. The first-order valence-electron chi connectivity index (χ1n) is 5.51. The summed E-state index contributed by atoms with van der Waals surface area (Å²) in [4.78, 5) is 28.5. The Morgan fingerprint density at radius 3 is 2.37 bits per heavy atom. The fourth-order valence-corrected chi connectivity index (χ4v) is 1.99. The lowest BCUT2D eigenvalue weighted by Gasteiger charge is -2.23. The number of carbonyl (C=O) groups excluding carboxylic acids is 1. The van der Waals surface area contributed by atoms with E-state index in [0.29, 0.717) is 19.4 Å². The summed E-state index contributed by atoms with van der Waals surface area (Å²) in [6.07, 6.45) is 0.219. The number of amides is 1. The standard InChI is InChI=1S/C8H20N5O5P/c9-7(14)6(13(15)5-19(16,17)18)3-1-2-4-12-8(10)11/h6,15H,1-5H2,(H2,9,14)(H4,10,11,12)(H2,16,17,18)/t6-/m0/s1. The summed E-state index contributed by atoms with van der Waals surface area (Å²) >= 11 is 0. The molecule has 0 aliphatic rings. The van der Waals surface area contributed by atoms with Crippen LogP contribution in [0.4, 0.5) is 0 Å². The van der Waals surface area contributed by atoms with Crippen molar-refractivity contribution in [2.75, 3.05) is 12.8 Å². The van der Waals surface area contributed by atoms with Gasteiger partial charge >= 0.3 is 7.60 Å². The van der Waals surface area contributed by atoms with Crippen molar-refractivity contribution >= 4 is 19.5 Å². The molecule has 0 spiro atoms. The zero-order valence-corrected chi connectivity index (χ0v) is 11.2. The predicted molar refractivity (Wildman–Crippen MR) is 67.3 cm³/mol. The summed E-state index contributed by atoms with van der Waals surface area (Å²) in [6.45, 7) is 0.421. The van der Waals surface area contributed by atoms with Crippen molar-refractivity contribution in [1.82, 2.24) is 10.4 Å². The van der Waals surface area contributed by atoms with Gasteiger partial charge in [-0.1, -0.05) is 0 Å². The van der Waals surface area contributed by atoms with Crippen LogP contribution in [0.15, 0.2) is 0 Å². The van der Waals surface area contributed by atoms with Crippen molar-refractivity contribution in [2.24, 2.45) is 11.5 Å². The lowest BCUT2D eigenvalue weighted by Crippen LogP contribution is -2.43. The molecule has 0 bridgehead atoms. The Balaban J connectivity index is 4.16. The fraction of sp³-hybridized carbons (Fsp3) is 0.750. The zero-order chi connectivity index (χ0) is 15.1. The van der Waals surface area contributed by atoms with Crippen molar-refractivity contribution in [3.8, 4) is 0 Å². The van der Waals surface area contributed by atoms with Crippen LogP contribution >= 0.6 is 7.60 Å². The molecule has 0 unspecified atom stereocenters. The number of hydrogen-bond donors (Lipinski definition) is 7. The van der Waals surface area contributed by atoms with Crippen molar-refractivity contribution in [3.63, 3.8) is 0 Å². The highest BCUT2D eigenvalue weighted by molar-refractivity contribution is 7.51. The molecule has 0 aromatic heterocycles. The Morgan fingerprint density at radius 1 is 1.37 bits per heavy atom. The topological polar surface area (TPSA) is 186 Å². The third-order valence-electron chi connectivity index (χ3n) is 2.24. The van der Waals surface area contributed by atoms with Crippen LogP contribution in [-0.2, 0) is 9.36 Å². The number of hydrogen-bond acceptors (Lipinski definition) is 5. The van der Waals surface area contributed by atoms with Gasteiger partial charge < -0.3 is 31.8 Å². The number of unbranched alkanes of at least 4 members (excludes halogenated alkanes) is 1. The molecule has 1 atom stereocenters. The van der Waals surface area contributed by atoms with Crippen LogP contribution in [0.1, 0.15) is 19.3 Å². The number of hydroxylamine groups is 2. The molecule has 0 heterocycles. The Labute approximate surface area is 110 Å². The van der Waals surface area contributed by atoms with Crippen LogP contribution < -0.4 is 16.8 Å². The fourth-order valence-electron chi connectivity index (χ4n) is 1.41. The first kappa shape index (κ1) is 17.8. The van der Waals surface area contributed by atoms with E-state index in [0.717, 1.165) is 0 Å². The second kappa shape index (κ2) is 8.08. The average molecular weight is 297 g/mol. The van der Waals surface area contributed by atoms with Crippen LogP contribution in [0.25, 0.3) is 0 Å². The molecule has 0 saturated heterocycles. The van der Waals surface area contributed by atoms with Crippen molar-refractivity contribution < 1.29 is 24.4 Å². The number of rotatable bonds is 9. The van der Waals surface area contributed by atoms with Gasteiger partial charge in [0.15, 0.2) is 5.96 Å². The van der Waals surface area contributed by atoms with Crippen LogP contribution in [0, 0.1) is 5.41 Å². The Morgan fingerprint density at radius 2 is 1.95 bits per heavy atom. The van der Waals surface area contributed by atoms with Crippen LogP contribution in [0.2, 0.25) is 0 Å². The second-order valence-electron chi connectivity index (χ2n) is 4.00. The number of nitrogens with two attached hydrogens (primary N) is 2. The molecule has 0 aromatic rings. The molecule has 0 aromatic carbocycles. The number of carbonyl (C=O) groups is 1. The smallest absolute Gasteiger partial charge is 0.341 e. The van der Waals surface area contributed by atoms with E-state index in [1.165, 1.54) is 0 Å². The molecule has 9 N–H and O–H groups in total. The largest absolute Gasteiger partial charge is 0.370 e. The van der Waals surface area contributed by atoms with Crippen molar-refractivity contribution in [3.05, 3.63) is 0 Å². The van der Waals surface area contributed by atoms with Gasteiger partial charge in [-0.15, -0.1) is 0 Å². The molecule has 0 aliphatic heterocycles. The van der Waals surface area contributed by atoms with Gasteiger partial charge in [-0.3, -0.25) is 14.8 Å². The van der Waals surface area contributed by atoms with E-state index < -0.39 is 25.8 Å². The number of nitrogens with one attached hydrogen (secondary N) is 2. The molecular formula is C8H20N5O5P.